The highest BCUT2D eigenvalue weighted by Gasteiger charge is 2.21. The Hall–Kier alpha value is -3.57. The Bertz CT molecular complexity index is 1410. The number of sulfone groups is 1. The fourth-order valence-corrected chi connectivity index (χ4v) is 5.14. The summed E-state index contributed by atoms with van der Waals surface area (Å²) in [6.45, 7) is 2.11. The van der Waals surface area contributed by atoms with Gasteiger partial charge in [-0.3, -0.25) is 9.10 Å². The molecule has 0 heterocycles. The van der Waals surface area contributed by atoms with Gasteiger partial charge in [-0.25, -0.2) is 16.8 Å². The fourth-order valence-electron chi connectivity index (χ4n) is 3.21. The van der Waals surface area contributed by atoms with Gasteiger partial charge in [0.25, 0.3) is 0 Å². The molecule has 0 aromatic heterocycles. The van der Waals surface area contributed by atoms with Crippen LogP contribution in [0.4, 0.5) is 17.1 Å². The number of nitrogens with zero attached hydrogens (tertiary/aromatic N) is 1. The molecule has 0 spiro atoms. The van der Waals surface area contributed by atoms with E-state index in [4.69, 9.17) is 4.74 Å². The van der Waals surface area contributed by atoms with Crippen molar-refractivity contribution >= 4 is 42.8 Å². The first kappa shape index (κ1) is 26.0. The molecule has 0 atom stereocenters. The zero-order chi connectivity index (χ0) is 25.6. The topological polar surface area (TPSA) is 122 Å². The lowest BCUT2D eigenvalue weighted by Gasteiger charge is -2.17. The summed E-state index contributed by atoms with van der Waals surface area (Å²) >= 11 is 0. The molecule has 0 aliphatic rings. The minimum absolute atomic E-state index is 0.0359. The fraction of sp³-hybridized carbons (Fsp3) is 0.208. The van der Waals surface area contributed by atoms with Crippen LogP contribution in [0.2, 0.25) is 0 Å². The first-order valence-electron chi connectivity index (χ1n) is 10.7. The first-order valence-corrected chi connectivity index (χ1v) is 14.0. The van der Waals surface area contributed by atoms with Crippen LogP contribution in [0, 0.1) is 0 Å². The summed E-state index contributed by atoms with van der Waals surface area (Å²) in [6.07, 6.45) is 1.08. The van der Waals surface area contributed by atoms with Gasteiger partial charge >= 0.3 is 0 Å². The molecule has 0 saturated carbocycles. The molecule has 0 aliphatic heterocycles. The van der Waals surface area contributed by atoms with Crippen molar-refractivity contribution in [3.05, 3.63) is 72.8 Å². The van der Waals surface area contributed by atoms with E-state index in [2.05, 4.69) is 10.6 Å². The molecule has 3 aromatic carbocycles. The Balaban J connectivity index is 1.73. The molecule has 3 aromatic rings. The van der Waals surface area contributed by atoms with Gasteiger partial charge in [0.1, 0.15) is 5.75 Å². The molecule has 3 rings (SSSR count). The van der Waals surface area contributed by atoms with Crippen LogP contribution >= 0.6 is 0 Å². The molecule has 11 heteroatoms. The van der Waals surface area contributed by atoms with E-state index in [0.717, 1.165) is 10.6 Å². The van der Waals surface area contributed by atoms with E-state index in [1.54, 1.807) is 48.5 Å². The van der Waals surface area contributed by atoms with Crippen molar-refractivity contribution in [1.29, 1.82) is 0 Å². The van der Waals surface area contributed by atoms with Crippen LogP contribution in [0.15, 0.2) is 82.6 Å². The van der Waals surface area contributed by atoms with Gasteiger partial charge in [-0.05, 0) is 61.5 Å². The van der Waals surface area contributed by atoms with Crippen LogP contribution in [-0.4, -0.2) is 49.2 Å². The Morgan fingerprint density at radius 2 is 1.63 bits per heavy atom. The molecular weight excluding hydrogens is 490 g/mol. The molecule has 0 radical (unpaired) electrons. The van der Waals surface area contributed by atoms with Gasteiger partial charge in [0, 0.05) is 12.7 Å². The lowest BCUT2D eigenvalue weighted by Crippen LogP contribution is -2.25. The van der Waals surface area contributed by atoms with E-state index in [9.17, 15) is 21.6 Å². The first-order chi connectivity index (χ1) is 16.5. The van der Waals surface area contributed by atoms with E-state index in [-0.39, 0.29) is 22.0 Å². The van der Waals surface area contributed by atoms with Crippen LogP contribution in [-0.2, 0) is 24.7 Å². The van der Waals surface area contributed by atoms with Crippen molar-refractivity contribution in [1.82, 2.24) is 0 Å². The normalized spacial score (nSPS) is 11.5. The number of rotatable bonds is 10. The van der Waals surface area contributed by atoms with Gasteiger partial charge in [0.05, 0.1) is 40.6 Å². The number of ether oxygens (including phenoxy) is 1. The second-order valence-electron chi connectivity index (χ2n) is 7.59. The van der Waals surface area contributed by atoms with E-state index >= 15 is 0 Å². The van der Waals surface area contributed by atoms with Crippen LogP contribution in [0.25, 0.3) is 0 Å². The molecule has 2 N–H and O–H groups in total. The maximum absolute atomic E-state index is 13.2. The molecule has 186 valence electrons. The van der Waals surface area contributed by atoms with Crippen molar-refractivity contribution in [2.75, 3.05) is 41.4 Å². The van der Waals surface area contributed by atoms with Crippen LogP contribution in [0.1, 0.15) is 6.92 Å². The van der Waals surface area contributed by atoms with Gasteiger partial charge < -0.3 is 15.4 Å². The van der Waals surface area contributed by atoms with Crippen molar-refractivity contribution < 1.29 is 26.4 Å². The second kappa shape index (κ2) is 10.8. The maximum atomic E-state index is 13.2. The number of anilines is 3. The lowest BCUT2D eigenvalue weighted by molar-refractivity contribution is -0.114. The SMILES string of the molecule is CCOc1ccc(S(=O)(=O)c2ccccc2NCC(=O)Nc2cccc(N(C)S(C)(=O)=O)c2)cc1. The van der Waals surface area contributed by atoms with Crippen LogP contribution in [0.5, 0.6) is 5.75 Å². The molecule has 0 bridgehead atoms. The van der Waals surface area contributed by atoms with Crippen LogP contribution in [0.3, 0.4) is 0 Å². The number of carbonyl (C=O) groups excluding carboxylic acids is 1. The number of nitrogens with one attached hydrogen (secondary N) is 2. The summed E-state index contributed by atoms with van der Waals surface area (Å²) in [5, 5.41) is 5.56. The number of benzene rings is 3. The predicted molar refractivity (Wildman–Crippen MR) is 136 cm³/mol. The largest absolute Gasteiger partial charge is 0.494 e. The third-order valence-electron chi connectivity index (χ3n) is 5.05. The predicted octanol–water partition coefficient (Wildman–Crippen LogP) is 3.36. The summed E-state index contributed by atoms with van der Waals surface area (Å²) in [7, 11) is -5.88. The molecule has 0 saturated heterocycles. The smallest absolute Gasteiger partial charge is 0.243 e. The van der Waals surface area contributed by atoms with Crippen molar-refractivity contribution in [3.8, 4) is 5.75 Å². The summed E-state index contributed by atoms with van der Waals surface area (Å²) in [5.41, 5.74) is 1.08. The monoisotopic (exact) mass is 517 g/mol. The number of carbonyl (C=O) groups is 1. The van der Waals surface area contributed by atoms with Gasteiger partial charge in [-0.15, -0.1) is 0 Å². The molecule has 9 nitrogen and oxygen atoms in total. The lowest BCUT2D eigenvalue weighted by atomic mass is 10.2. The highest BCUT2D eigenvalue weighted by atomic mass is 32.2. The second-order valence-corrected chi connectivity index (χ2v) is 11.5. The number of sulfonamides is 1. The maximum Gasteiger partial charge on any atom is 0.243 e. The number of hydrogen-bond donors (Lipinski definition) is 2. The van der Waals surface area contributed by atoms with E-state index in [1.807, 2.05) is 6.92 Å². The van der Waals surface area contributed by atoms with E-state index in [0.29, 0.717) is 23.7 Å². The third-order valence-corrected chi connectivity index (χ3v) is 8.09. The summed E-state index contributed by atoms with van der Waals surface area (Å²) in [5.74, 6) is 0.138. The summed E-state index contributed by atoms with van der Waals surface area (Å²) in [6, 6.07) is 18.9. The molecule has 35 heavy (non-hydrogen) atoms. The van der Waals surface area contributed by atoms with Crippen LogP contribution < -0.4 is 19.7 Å². The van der Waals surface area contributed by atoms with Crippen molar-refractivity contribution in [2.24, 2.45) is 0 Å². The van der Waals surface area contributed by atoms with Gasteiger partial charge in [0.15, 0.2) is 0 Å². The van der Waals surface area contributed by atoms with E-state index < -0.39 is 25.8 Å². The number of hydrogen-bond acceptors (Lipinski definition) is 7. The Kier molecular flexibility index (Phi) is 8.03. The standard InChI is InChI=1S/C24H27N3O6S2/c1-4-33-20-12-14-21(15-13-20)35(31,32)23-11-6-5-10-22(23)25-17-24(28)26-18-8-7-9-19(16-18)27(2)34(3,29)30/h5-16,25H,4,17H2,1-3H3,(H,26,28). The van der Waals surface area contributed by atoms with E-state index in [1.165, 1.54) is 31.3 Å². The molecule has 0 aliphatic carbocycles. The summed E-state index contributed by atoms with van der Waals surface area (Å²) in [4.78, 5) is 12.7. The quantitative estimate of drug-likeness (QED) is 0.423. The Morgan fingerprint density at radius 3 is 2.29 bits per heavy atom. The number of amides is 1. The average molecular weight is 518 g/mol. The highest BCUT2D eigenvalue weighted by molar-refractivity contribution is 7.92. The molecule has 0 fully saturated rings. The van der Waals surface area contributed by atoms with Crippen molar-refractivity contribution in [2.45, 2.75) is 16.7 Å². The van der Waals surface area contributed by atoms with Gasteiger partial charge in [-0.1, -0.05) is 18.2 Å². The van der Waals surface area contributed by atoms with Gasteiger partial charge in [0.2, 0.25) is 25.8 Å². The Morgan fingerprint density at radius 1 is 0.943 bits per heavy atom. The minimum atomic E-state index is -3.85. The number of para-hydroxylation sites is 1. The highest BCUT2D eigenvalue weighted by Crippen LogP contribution is 2.29. The van der Waals surface area contributed by atoms with Gasteiger partial charge in [-0.2, -0.15) is 0 Å². The zero-order valence-corrected chi connectivity index (χ0v) is 21.2. The minimum Gasteiger partial charge on any atom is -0.494 e. The average Bonchev–Trinajstić information content (AvgIpc) is 2.82. The molecule has 0 unspecified atom stereocenters. The molecular formula is C24H27N3O6S2. The Labute approximate surface area is 205 Å². The summed E-state index contributed by atoms with van der Waals surface area (Å²) < 4.78 is 56.4. The zero-order valence-electron chi connectivity index (χ0n) is 19.6. The third kappa shape index (κ3) is 6.52. The molecule has 1 amide bonds. The van der Waals surface area contributed by atoms with Crippen molar-refractivity contribution in [3.63, 3.8) is 0 Å².